The molecule has 1 aliphatic carbocycles. The Hall–Kier alpha value is -0.890. The van der Waals surface area contributed by atoms with Gasteiger partial charge >= 0.3 is 0 Å². The second-order valence-electron chi connectivity index (χ2n) is 4.94. The molecular weight excluding hydrogens is 198 g/mol. The van der Waals surface area contributed by atoms with Crippen LogP contribution in [0.15, 0.2) is 18.2 Å². The Morgan fingerprint density at radius 3 is 2.88 bits per heavy atom. The van der Waals surface area contributed by atoms with Gasteiger partial charge in [-0.2, -0.15) is 0 Å². The summed E-state index contributed by atoms with van der Waals surface area (Å²) in [6, 6.07) is 6.15. The molecule has 16 heavy (non-hydrogen) atoms. The molecule has 1 aliphatic rings. The lowest BCUT2D eigenvalue weighted by molar-refractivity contribution is 0.100. The zero-order valence-corrected chi connectivity index (χ0v) is 10.0. The largest absolute Gasteiger partial charge is 0.393 e. The number of aromatic nitrogens is 1. The number of nitrogens with zero attached hydrogens (tertiary/aromatic N) is 1. The van der Waals surface area contributed by atoms with E-state index in [4.69, 9.17) is 0 Å². The average molecular weight is 219 g/mol. The van der Waals surface area contributed by atoms with Crippen molar-refractivity contribution in [2.75, 3.05) is 0 Å². The number of pyridine rings is 1. The van der Waals surface area contributed by atoms with E-state index >= 15 is 0 Å². The standard InChI is InChI=1S/C14H21NO/c1-11-6-5-8-13(15-11)10-12-7-3-2-4-9-14(12)16/h5-6,8,12,14,16H,2-4,7,9-10H2,1H3. The second kappa shape index (κ2) is 5.44. The minimum absolute atomic E-state index is 0.121. The lowest BCUT2D eigenvalue weighted by Crippen LogP contribution is -2.21. The molecule has 1 heterocycles. The van der Waals surface area contributed by atoms with Crippen molar-refractivity contribution in [1.82, 2.24) is 4.98 Å². The Balaban J connectivity index is 2.02. The van der Waals surface area contributed by atoms with Crippen LogP contribution >= 0.6 is 0 Å². The van der Waals surface area contributed by atoms with Crippen LogP contribution in [-0.4, -0.2) is 16.2 Å². The van der Waals surface area contributed by atoms with Crippen LogP contribution in [0.3, 0.4) is 0 Å². The molecule has 1 N–H and O–H groups in total. The molecule has 1 saturated carbocycles. The maximum absolute atomic E-state index is 10.1. The molecule has 2 unspecified atom stereocenters. The third-order valence-corrected chi connectivity index (χ3v) is 3.54. The Kier molecular flexibility index (Phi) is 3.94. The third kappa shape index (κ3) is 3.05. The first-order valence-electron chi connectivity index (χ1n) is 6.36. The van der Waals surface area contributed by atoms with E-state index in [1.807, 2.05) is 13.0 Å². The van der Waals surface area contributed by atoms with Crippen LogP contribution in [0.5, 0.6) is 0 Å². The summed E-state index contributed by atoms with van der Waals surface area (Å²) in [6.07, 6.45) is 6.64. The Bertz CT molecular complexity index is 337. The van der Waals surface area contributed by atoms with E-state index in [1.54, 1.807) is 0 Å². The van der Waals surface area contributed by atoms with Crippen LogP contribution in [0.25, 0.3) is 0 Å². The summed E-state index contributed by atoms with van der Waals surface area (Å²) < 4.78 is 0. The van der Waals surface area contributed by atoms with Crippen molar-refractivity contribution in [1.29, 1.82) is 0 Å². The minimum atomic E-state index is -0.121. The molecule has 0 spiro atoms. The summed E-state index contributed by atoms with van der Waals surface area (Å²) in [6.45, 7) is 2.02. The van der Waals surface area contributed by atoms with Gasteiger partial charge in [0.2, 0.25) is 0 Å². The highest BCUT2D eigenvalue weighted by Gasteiger charge is 2.22. The maximum atomic E-state index is 10.1. The number of aliphatic hydroxyl groups is 1. The van der Waals surface area contributed by atoms with Gasteiger partial charge in [0.1, 0.15) is 0 Å². The molecule has 0 saturated heterocycles. The summed E-state index contributed by atoms with van der Waals surface area (Å²) in [4.78, 5) is 4.52. The van der Waals surface area contributed by atoms with Crippen molar-refractivity contribution in [3.8, 4) is 0 Å². The predicted octanol–water partition coefficient (Wildman–Crippen LogP) is 2.87. The molecule has 0 radical (unpaired) electrons. The minimum Gasteiger partial charge on any atom is -0.393 e. The van der Waals surface area contributed by atoms with Crippen molar-refractivity contribution < 1.29 is 5.11 Å². The summed E-state index contributed by atoms with van der Waals surface area (Å²) in [7, 11) is 0. The van der Waals surface area contributed by atoms with Gasteiger partial charge in [-0.15, -0.1) is 0 Å². The normalized spacial score (nSPS) is 26.4. The molecule has 0 aromatic carbocycles. The topological polar surface area (TPSA) is 33.1 Å². The zero-order chi connectivity index (χ0) is 11.4. The molecule has 2 rings (SSSR count). The second-order valence-corrected chi connectivity index (χ2v) is 4.94. The van der Waals surface area contributed by atoms with Crippen LogP contribution < -0.4 is 0 Å². The van der Waals surface area contributed by atoms with E-state index in [-0.39, 0.29) is 6.10 Å². The highest BCUT2D eigenvalue weighted by Crippen LogP contribution is 2.26. The lowest BCUT2D eigenvalue weighted by Gasteiger charge is -2.19. The quantitative estimate of drug-likeness (QED) is 0.776. The molecule has 1 aromatic rings. The molecule has 0 amide bonds. The Morgan fingerprint density at radius 2 is 2.06 bits per heavy atom. The van der Waals surface area contributed by atoms with E-state index in [2.05, 4.69) is 17.1 Å². The van der Waals surface area contributed by atoms with E-state index in [0.717, 1.165) is 30.7 Å². The van der Waals surface area contributed by atoms with Crippen molar-refractivity contribution in [3.05, 3.63) is 29.6 Å². The van der Waals surface area contributed by atoms with Gasteiger partial charge in [0.15, 0.2) is 0 Å². The third-order valence-electron chi connectivity index (χ3n) is 3.54. The monoisotopic (exact) mass is 219 g/mol. The van der Waals surface area contributed by atoms with Crippen LogP contribution in [-0.2, 0) is 6.42 Å². The Labute approximate surface area is 97.7 Å². The SMILES string of the molecule is Cc1cccc(CC2CCCCCC2O)n1. The van der Waals surface area contributed by atoms with Crippen molar-refractivity contribution >= 4 is 0 Å². The first-order chi connectivity index (χ1) is 7.75. The van der Waals surface area contributed by atoms with E-state index in [0.29, 0.717) is 5.92 Å². The van der Waals surface area contributed by atoms with Gasteiger partial charge in [0.25, 0.3) is 0 Å². The van der Waals surface area contributed by atoms with Crippen LogP contribution in [0, 0.1) is 12.8 Å². The van der Waals surface area contributed by atoms with Gasteiger partial charge in [-0.25, -0.2) is 0 Å². The molecule has 2 heteroatoms. The summed E-state index contributed by atoms with van der Waals surface area (Å²) >= 11 is 0. The summed E-state index contributed by atoms with van der Waals surface area (Å²) in [5.41, 5.74) is 2.20. The van der Waals surface area contributed by atoms with Crippen LogP contribution in [0.2, 0.25) is 0 Å². The fraction of sp³-hybridized carbons (Fsp3) is 0.643. The van der Waals surface area contributed by atoms with Gasteiger partial charge in [0.05, 0.1) is 6.10 Å². The molecule has 1 fully saturated rings. The van der Waals surface area contributed by atoms with Gasteiger partial charge in [-0.1, -0.05) is 25.3 Å². The van der Waals surface area contributed by atoms with Crippen molar-refractivity contribution in [3.63, 3.8) is 0 Å². The first-order valence-corrected chi connectivity index (χ1v) is 6.36. The predicted molar refractivity (Wildman–Crippen MR) is 65.3 cm³/mol. The van der Waals surface area contributed by atoms with E-state index in [1.165, 1.54) is 19.3 Å². The fourth-order valence-electron chi connectivity index (χ4n) is 2.58. The molecule has 88 valence electrons. The summed E-state index contributed by atoms with van der Waals surface area (Å²) in [5.74, 6) is 0.414. The molecule has 0 bridgehead atoms. The molecule has 2 atom stereocenters. The zero-order valence-electron chi connectivity index (χ0n) is 10.0. The number of hydrogen-bond donors (Lipinski definition) is 1. The van der Waals surface area contributed by atoms with E-state index in [9.17, 15) is 5.11 Å². The fourth-order valence-corrected chi connectivity index (χ4v) is 2.58. The summed E-state index contributed by atoms with van der Waals surface area (Å²) in [5, 5.41) is 10.1. The van der Waals surface area contributed by atoms with Gasteiger partial charge < -0.3 is 5.11 Å². The number of rotatable bonds is 2. The van der Waals surface area contributed by atoms with Gasteiger partial charge in [0, 0.05) is 11.4 Å². The van der Waals surface area contributed by atoms with Crippen LogP contribution in [0.1, 0.15) is 43.5 Å². The van der Waals surface area contributed by atoms with Gasteiger partial charge in [-0.3, -0.25) is 4.98 Å². The molecule has 1 aromatic heterocycles. The molecule has 0 aliphatic heterocycles. The lowest BCUT2D eigenvalue weighted by atomic mass is 9.92. The molecular formula is C14H21NO. The van der Waals surface area contributed by atoms with Crippen molar-refractivity contribution in [2.24, 2.45) is 5.92 Å². The smallest absolute Gasteiger partial charge is 0.0572 e. The number of aryl methyl sites for hydroxylation is 1. The Morgan fingerprint density at radius 1 is 1.25 bits per heavy atom. The first kappa shape index (κ1) is 11.6. The number of hydrogen-bond acceptors (Lipinski definition) is 2. The molecule has 2 nitrogen and oxygen atoms in total. The maximum Gasteiger partial charge on any atom is 0.0572 e. The highest BCUT2D eigenvalue weighted by molar-refractivity contribution is 5.10. The van der Waals surface area contributed by atoms with E-state index < -0.39 is 0 Å². The van der Waals surface area contributed by atoms with Crippen molar-refractivity contribution in [2.45, 2.75) is 51.6 Å². The van der Waals surface area contributed by atoms with Gasteiger partial charge in [-0.05, 0) is 44.2 Å². The average Bonchev–Trinajstić information content (AvgIpc) is 2.45. The highest BCUT2D eigenvalue weighted by atomic mass is 16.3. The number of aliphatic hydroxyl groups excluding tert-OH is 1. The van der Waals surface area contributed by atoms with Crippen LogP contribution in [0.4, 0.5) is 0 Å².